The van der Waals surface area contributed by atoms with Gasteiger partial charge >= 0.3 is 0 Å². The number of hydrogen-bond donors (Lipinski definition) is 2. The average Bonchev–Trinajstić information content (AvgIpc) is 2.70. The van der Waals surface area contributed by atoms with Crippen LogP contribution in [0.5, 0.6) is 5.75 Å². The smallest absolute Gasteiger partial charge is 0.243 e. The molecule has 3 aromatic carbocycles. The topological polar surface area (TPSA) is 59.6 Å². The van der Waals surface area contributed by atoms with E-state index in [0.717, 1.165) is 27.9 Å². The van der Waals surface area contributed by atoms with Crippen LogP contribution in [0, 0.1) is 0 Å². The number of nitrogens with one attached hydrogen (secondary N) is 2. The Morgan fingerprint density at radius 1 is 0.889 bits per heavy atom. The predicted molar refractivity (Wildman–Crippen MR) is 109 cm³/mol. The third kappa shape index (κ3) is 5.72. The molecule has 3 rings (SSSR count). The molecular formula is C22H24N2O3. The Balaban J connectivity index is 1.46. The number of amides is 1. The fourth-order valence-electron chi connectivity index (χ4n) is 2.69. The molecule has 0 heterocycles. The lowest BCUT2D eigenvalue weighted by atomic mass is 10.1. The van der Waals surface area contributed by atoms with Crippen molar-refractivity contribution >= 4 is 28.1 Å². The molecule has 2 N–H and O–H groups in total. The molecule has 5 nitrogen and oxygen atoms in total. The van der Waals surface area contributed by atoms with Crippen molar-refractivity contribution in [2.45, 2.75) is 6.92 Å². The van der Waals surface area contributed by atoms with Gasteiger partial charge < -0.3 is 20.1 Å². The van der Waals surface area contributed by atoms with Crippen LogP contribution >= 0.6 is 0 Å². The van der Waals surface area contributed by atoms with E-state index in [0.29, 0.717) is 19.8 Å². The van der Waals surface area contributed by atoms with Gasteiger partial charge in [0.15, 0.2) is 0 Å². The quantitative estimate of drug-likeness (QED) is 0.556. The standard InChI is InChI=1S/C22H24N2O3/c1-2-26-13-14-27-21-11-9-19(10-12-21)23-16-22(25)24-20-8-7-17-5-3-4-6-18(17)15-20/h3-12,15,23H,2,13-14,16H2,1H3,(H,24,25). The number of carbonyl (C=O) groups is 1. The van der Waals surface area contributed by atoms with Crippen LogP contribution in [0.2, 0.25) is 0 Å². The summed E-state index contributed by atoms with van der Waals surface area (Å²) < 4.78 is 10.8. The molecule has 0 bridgehead atoms. The molecule has 0 unspecified atom stereocenters. The van der Waals surface area contributed by atoms with Crippen molar-refractivity contribution in [3.63, 3.8) is 0 Å². The van der Waals surface area contributed by atoms with Gasteiger partial charge in [0.05, 0.1) is 13.2 Å². The second kappa shape index (κ2) is 9.59. The number of benzene rings is 3. The number of fused-ring (bicyclic) bond motifs is 1. The molecule has 1 amide bonds. The summed E-state index contributed by atoms with van der Waals surface area (Å²) in [6, 6.07) is 21.5. The van der Waals surface area contributed by atoms with E-state index < -0.39 is 0 Å². The monoisotopic (exact) mass is 364 g/mol. The normalized spacial score (nSPS) is 10.6. The molecular weight excluding hydrogens is 340 g/mol. The zero-order valence-corrected chi connectivity index (χ0v) is 15.4. The predicted octanol–water partition coefficient (Wildman–Crippen LogP) is 4.31. The zero-order chi connectivity index (χ0) is 18.9. The van der Waals surface area contributed by atoms with Crippen molar-refractivity contribution in [1.82, 2.24) is 0 Å². The van der Waals surface area contributed by atoms with Gasteiger partial charge in [0, 0.05) is 18.0 Å². The molecule has 27 heavy (non-hydrogen) atoms. The number of carbonyl (C=O) groups excluding carboxylic acids is 1. The second-order valence-corrected chi connectivity index (χ2v) is 6.03. The number of hydrogen-bond acceptors (Lipinski definition) is 4. The molecule has 0 spiro atoms. The van der Waals surface area contributed by atoms with E-state index in [2.05, 4.69) is 10.6 Å². The van der Waals surface area contributed by atoms with Gasteiger partial charge in [-0.25, -0.2) is 0 Å². The van der Waals surface area contributed by atoms with Crippen LogP contribution < -0.4 is 15.4 Å². The Labute approximate surface area is 159 Å². The van der Waals surface area contributed by atoms with E-state index in [-0.39, 0.29) is 12.5 Å². The summed E-state index contributed by atoms with van der Waals surface area (Å²) in [6.45, 7) is 3.93. The lowest BCUT2D eigenvalue weighted by molar-refractivity contribution is -0.114. The van der Waals surface area contributed by atoms with Gasteiger partial charge in [-0.1, -0.05) is 30.3 Å². The lowest BCUT2D eigenvalue weighted by Crippen LogP contribution is -2.21. The van der Waals surface area contributed by atoms with Crippen LogP contribution in [-0.4, -0.2) is 32.3 Å². The van der Waals surface area contributed by atoms with Crippen LogP contribution in [0.4, 0.5) is 11.4 Å². The number of ether oxygens (including phenoxy) is 2. The van der Waals surface area contributed by atoms with E-state index in [4.69, 9.17) is 9.47 Å². The van der Waals surface area contributed by atoms with Gasteiger partial charge in [-0.3, -0.25) is 4.79 Å². The maximum absolute atomic E-state index is 12.2. The van der Waals surface area contributed by atoms with Crippen LogP contribution in [0.25, 0.3) is 10.8 Å². The van der Waals surface area contributed by atoms with E-state index in [1.54, 1.807) is 0 Å². The fraction of sp³-hybridized carbons (Fsp3) is 0.227. The first-order valence-corrected chi connectivity index (χ1v) is 9.08. The lowest BCUT2D eigenvalue weighted by Gasteiger charge is -2.10. The van der Waals surface area contributed by atoms with Crippen molar-refractivity contribution < 1.29 is 14.3 Å². The van der Waals surface area contributed by atoms with E-state index >= 15 is 0 Å². The van der Waals surface area contributed by atoms with Crippen molar-refractivity contribution in [3.8, 4) is 5.75 Å². The first kappa shape index (κ1) is 18.7. The molecule has 0 aliphatic carbocycles. The van der Waals surface area contributed by atoms with Crippen LogP contribution in [0.3, 0.4) is 0 Å². The van der Waals surface area contributed by atoms with Gasteiger partial charge in [-0.2, -0.15) is 0 Å². The van der Waals surface area contributed by atoms with Crippen LogP contribution in [-0.2, 0) is 9.53 Å². The van der Waals surface area contributed by atoms with E-state index in [1.807, 2.05) is 73.7 Å². The van der Waals surface area contributed by atoms with E-state index in [9.17, 15) is 4.79 Å². The zero-order valence-electron chi connectivity index (χ0n) is 15.4. The highest BCUT2D eigenvalue weighted by Gasteiger charge is 2.04. The van der Waals surface area contributed by atoms with Crippen molar-refractivity contribution in [1.29, 1.82) is 0 Å². The highest BCUT2D eigenvalue weighted by Crippen LogP contribution is 2.19. The van der Waals surface area contributed by atoms with Crippen LogP contribution in [0.1, 0.15) is 6.92 Å². The highest BCUT2D eigenvalue weighted by molar-refractivity contribution is 5.96. The molecule has 0 atom stereocenters. The van der Waals surface area contributed by atoms with Gasteiger partial charge in [0.1, 0.15) is 12.4 Å². The molecule has 0 saturated carbocycles. The summed E-state index contributed by atoms with van der Waals surface area (Å²) in [5, 5.41) is 8.28. The van der Waals surface area contributed by atoms with Gasteiger partial charge in [0.25, 0.3) is 0 Å². The van der Waals surface area contributed by atoms with Gasteiger partial charge in [-0.15, -0.1) is 0 Å². The first-order valence-electron chi connectivity index (χ1n) is 9.08. The SMILES string of the molecule is CCOCCOc1ccc(NCC(=O)Nc2ccc3ccccc3c2)cc1. The molecule has 0 radical (unpaired) electrons. The molecule has 140 valence electrons. The Hall–Kier alpha value is -3.05. The van der Waals surface area contributed by atoms with Gasteiger partial charge in [-0.05, 0) is 54.1 Å². The summed E-state index contributed by atoms with van der Waals surface area (Å²) in [4.78, 5) is 12.2. The Kier molecular flexibility index (Phi) is 6.66. The second-order valence-electron chi connectivity index (χ2n) is 6.03. The maximum atomic E-state index is 12.2. The summed E-state index contributed by atoms with van der Waals surface area (Å²) in [7, 11) is 0. The summed E-state index contributed by atoms with van der Waals surface area (Å²) in [6.07, 6.45) is 0. The maximum Gasteiger partial charge on any atom is 0.243 e. The van der Waals surface area contributed by atoms with Crippen LogP contribution in [0.15, 0.2) is 66.7 Å². The third-order valence-corrected chi connectivity index (χ3v) is 4.04. The fourth-order valence-corrected chi connectivity index (χ4v) is 2.69. The Morgan fingerprint density at radius 2 is 1.63 bits per heavy atom. The summed E-state index contributed by atoms with van der Waals surface area (Å²) in [5.74, 6) is 0.684. The molecule has 3 aromatic rings. The Morgan fingerprint density at radius 3 is 2.41 bits per heavy atom. The molecule has 0 aliphatic rings. The number of anilines is 2. The minimum absolute atomic E-state index is 0.0951. The molecule has 0 fully saturated rings. The minimum atomic E-state index is -0.0951. The van der Waals surface area contributed by atoms with Crippen molar-refractivity contribution in [2.24, 2.45) is 0 Å². The highest BCUT2D eigenvalue weighted by atomic mass is 16.5. The van der Waals surface area contributed by atoms with E-state index in [1.165, 1.54) is 0 Å². The van der Waals surface area contributed by atoms with Crippen molar-refractivity contribution in [3.05, 3.63) is 66.7 Å². The van der Waals surface area contributed by atoms with Gasteiger partial charge in [0.2, 0.25) is 5.91 Å². The average molecular weight is 364 g/mol. The Bertz CT molecular complexity index is 878. The largest absolute Gasteiger partial charge is 0.491 e. The minimum Gasteiger partial charge on any atom is -0.491 e. The molecule has 0 aliphatic heterocycles. The van der Waals surface area contributed by atoms with Crippen molar-refractivity contribution in [2.75, 3.05) is 37.0 Å². The molecule has 0 aromatic heterocycles. The first-order chi connectivity index (χ1) is 13.2. The summed E-state index contributed by atoms with van der Waals surface area (Å²) in [5.41, 5.74) is 1.65. The third-order valence-electron chi connectivity index (χ3n) is 4.04. The molecule has 5 heteroatoms. The summed E-state index contributed by atoms with van der Waals surface area (Å²) >= 11 is 0. The number of rotatable bonds is 9. The molecule has 0 saturated heterocycles.